The Labute approximate surface area is 158 Å². The lowest BCUT2D eigenvalue weighted by Gasteiger charge is -2.11. The van der Waals surface area contributed by atoms with E-state index in [2.05, 4.69) is 21.3 Å². The van der Waals surface area contributed by atoms with Crippen LogP contribution in [-0.4, -0.2) is 31.3 Å². The second-order valence-electron chi connectivity index (χ2n) is 6.42. The highest BCUT2D eigenvalue weighted by atomic mass is 16.6. The predicted octanol–water partition coefficient (Wildman–Crippen LogP) is 3.34. The summed E-state index contributed by atoms with van der Waals surface area (Å²) in [7, 11) is 1.33. The lowest BCUT2D eigenvalue weighted by atomic mass is 10.1. The monoisotopic (exact) mass is 366 g/mol. The van der Waals surface area contributed by atoms with Crippen molar-refractivity contribution in [3.63, 3.8) is 0 Å². The van der Waals surface area contributed by atoms with Crippen molar-refractivity contribution in [3.8, 4) is 0 Å². The molecule has 0 fully saturated rings. The molecule has 0 aromatic heterocycles. The number of oxime groups is 1. The van der Waals surface area contributed by atoms with E-state index in [1.165, 1.54) is 30.9 Å². The van der Waals surface area contributed by atoms with Gasteiger partial charge in [0.1, 0.15) is 0 Å². The Kier molecular flexibility index (Phi) is 5.86. The normalized spacial score (nSPS) is 13.9. The average molecular weight is 366 g/mol. The molecule has 0 spiro atoms. The van der Waals surface area contributed by atoms with Crippen LogP contribution >= 0.6 is 0 Å². The van der Waals surface area contributed by atoms with Crippen molar-refractivity contribution in [2.75, 3.05) is 12.4 Å². The van der Waals surface area contributed by atoms with Gasteiger partial charge in [-0.05, 0) is 67.1 Å². The van der Waals surface area contributed by atoms with Gasteiger partial charge < -0.3 is 14.9 Å². The van der Waals surface area contributed by atoms with Crippen molar-refractivity contribution < 1.29 is 19.2 Å². The van der Waals surface area contributed by atoms with Gasteiger partial charge in [0, 0.05) is 5.69 Å². The van der Waals surface area contributed by atoms with Crippen LogP contribution in [0.4, 0.5) is 5.69 Å². The third-order valence-electron chi connectivity index (χ3n) is 4.49. The number of nitrogens with zero attached hydrogens (tertiary/aromatic N) is 1. The number of methoxy groups -OCH3 is 1. The van der Waals surface area contributed by atoms with Crippen LogP contribution in [0.3, 0.4) is 0 Å². The molecule has 2 aromatic carbocycles. The first kappa shape index (κ1) is 18.6. The standard InChI is InChI=1S/C21H22N2O4/c1-14(20(24)23-19-11-10-16-4-3-5-18(16)12-19)27-22-13-15-6-8-17(9-7-15)21(25)26-2/h6-14H,3-5H2,1-2H3,(H,23,24)/b22-13+. The van der Waals surface area contributed by atoms with Gasteiger partial charge in [-0.2, -0.15) is 0 Å². The number of fused-ring (bicyclic) bond motifs is 1. The second kappa shape index (κ2) is 8.49. The average Bonchev–Trinajstić information content (AvgIpc) is 3.15. The van der Waals surface area contributed by atoms with Crippen molar-refractivity contribution in [2.45, 2.75) is 32.3 Å². The molecular formula is C21H22N2O4. The van der Waals surface area contributed by atoms with Crippen LogP contribution < -0.4 is 5.32 Å². The summed E-state index contributed by atoms with van der Waals surface area (Å²) < 4.78 is 4.65. The van der Waals surface area contributed by atoms with Gasteiger partial charge in [-0.15, -0.1) is 0 Å². The molecule has 6 heteroatoms. The van der Waals surface area contributed by atoms with Crippen LogP contribution in [0.5, 0.6) is 0 Å². The number of benzene rings is 2. The van der Waals surface area contributed by atoms with Crippen LogP contribution in [0.25, 0.3) is 0 Å². The van der Waals surface area contributed by atoms with Crippen molar-refractivity contribution in [2.24, 2.45) is 5.16 Å². The largest absolute Gasteiger partial charge is 0.465 e. The number of hydrogen-bond acceptors (Lipinski definition) is 5. The Morgan fingerprint density at radius 1 is 1.11 bits per heavy atom. The Morgan fingerprint density at radius 2 is 1.85 bits per heavy atom. The summed E-state index contributed by atoms with van der Waals surface area (Å²) in [5, 5.41) is 6.71. The number of esters is 1. The van der Waals surface area contributed by atoms with Gasteiger partial charge in [0.25, 0.3) is 5.91 Å². The lowest BCUT2D eigenvalue weighted by Crippen LogP contribution is -2.26. The zero-order valence-corrected chi connectivity index (χ0v) is 15.4. The Morgan fingerprint density at radius 3 is 2.59 bits per heavy atom. The van der Waals surface area contributed by atoms with E-state index in [0.717, 1.165) is 24.1 Å². The molecule has 0 saturated heterocycles. The minimum Gasteiger partial charge on any atom is -0.465 e. The molecule has 1 amide bonds. The molecule has 1 aliphatic carbocycles. The summed E-state index contributed by atoms with van der Waals surface area (Å²) in [6.45, 7) is 1.64. The van der Waals surface area contributed by atoms with E-state index in [9.17, 15) is 9.59 Å². The zero-order chi connectivity index (χ0) is 19.2. The van der Waals surface area contributed by atoms with Crippen LogP contribution in [-0.2, 0) is 27.2 Å². The van der Waals surface area contributed by atoms with Crippen LogP contribution in [0.1, 0.15) is 40.4 Å². The highest BCUT2D eigenvalue weighted by Gasteiger charge is 2.16. The van der Waals surface area contributed by atoms with E-state index in [1.54, 1.807) is 31.2 Å². The molecule has 0 aliphatic heterocycles. The lowest BCUT2D eigenvalue weighted by molar-refractivity contribution is -0.126. The fourth-order valence-electron chi connectivity index (χ4n) is 2.95. The van der Waals surface area contributed by atoms with Crippen molar-refractivity contribution in [3.05, 3.63) is 64.7 Å². The van der Waals surface area contributed by atoms with Crippen molar-refractivity contribution in [1.29, 1.82) is 0 Å². The van der Waals surface area contributed by atoms with Crippen LogP contribution in [0, 0.1) is 0 Å². The maximum Gasteiger partial charge on any atom is 0.337 e. The van der Waals surface area contributed by atoms with Gasteiger partial charge in [-0.1, -0.05) is 23.4 Å². The van der Waals surface area contributed by atoms with Crippen molar-refractivity contribution in [1.82, 2.24) is 0 Å². The van der Waals surface area contributed by atoms with Gasteiger partial charge >= 0.3 is 5.97 Å². The summed E-state index contributed by atoms with van der Waals surface area (Å²) in [4.78, 5) is 28.9. The quantitative estimate of drug-likeness (QED) is 0.483. The molecule has 1 N–H and O–H groups in total. The van der Waals surface area contributed by atoms with E-state index in [4.69, 9.17) is 4.84 Å². The molecule has 1 unspecified atom stereocenters. The minimum absolute atomic E-state index is 0.258. The van der Waals surface area contributed by atoms with Crippen LogP contribution in [0.2, 0.25) is 0 Å². The van der Waals surface area contributed by atoms with Gasteiger partial charge in [-0.25, -0.2) is 4.79 Å². The molecule has 1 aliphatic rings. The maximum absolute atomic E-state index is 12.2. The highest BCUT2D eigenvalue weighted by Crippen LogP contribution is 2.25. The molecule has 0 heterocycles. The molecular weight excluding hydrogens is 344 g/mol. The van der Waals surface area contributed by atoms with E-state index < -0.39 is 12.1 Å². The molecule has 0 bridgehead atoms. The van der Waals surface area contributed by atoms with Crippen LogP contribution in [0.15, 0.2) is 47.6 Å². The Bertz CT molecular complexity index is 859. The number of nitrogens with one attached hydrogen (secondary N) is 1. The summed E-state index contributed by atoms with van der Waals surface area (Å²) >= 11 is 0. The van der Waals surface area contributed by atoms with Gasteiger partial charge in [-0.3, -0.25) is 4.79 Å². The first-order valence-corrected chi connectivity index (χ1v) is 8.87. The topological polar surface area (TPSA) is 77.0 Å². The van der Waals surface area contributed by atoms with E-state index in [1.807, 2.05) is 12.1 Å². The molecule has 140 valence electrons. The first-order chi connectivity index (χ1) is 13.1. The molecule has 2 aromatic rings. The SMILES string of the molecule is COC(=O)c1ccc(/C=N/OC(C)C(=O)Nc2ccc3c(c2)CCC3)cc1. The third-order valence-corrected chi connectivity index (χ3v) is 4.49. The smallest absolute Gasteiger partial charge is 0.337 e. The number of ether oxygens (including phenoxy) is 1. The summed E-state index contributed by atoms with van der Waals surface area (Å²) in [6.07, 6.45) is 4.09. The number of carbonyl (C=O) groups is 2. The number of carbonyl (C=O) groups excluding carboxylic acids is 2. The van der Waals surface area contributed by atoms with E-state index in [0.29, 0.717) is 5.56 Å². The molecule has 1 atom stereocenters. The molecule has 0 saturated carbocycles. The minimum atomic E-state index is -0.733. The number of anilines is 1. The van der Waals surface area contributed by atoms with E-state index >= 15 is 0 Å². The molecule has 0 radical (unpaired) electrons. The van der Waals surface area contributed by atoms with Gasteiger partial charge in [0.2, 0.25) is 6.10 Å². The van der Waals surface area contributed by atoms with Gasteiger partial charge in [0.15, 0.2) is 0 Å². The third kappa shape index (κ3) is 4.73. The number of rotatable bonds is 6. The maximum atomic E-state index is 12.2. The summed E-state index contributed by atoms with van der Waals surface area (Å²) in [5.41, 5.74) is 4.64. The number of hydrogen-bond donors (Lipinski definition) is 1. The van der Waals surface area contributed by atoms with Crippen molar-refractivity contribution >= 4 is 23.8 Å². The Hall–Kier alpha value is -3.15. The second-order valence-corrected chi connectivity index (χ2v) is 6.42. The van der Waals surface area contributed by atoms with Gasteiger partial charge in [0.05, 0.1) is 18.9 Å². The Balaban J connectivity index is 1.52. The molecule has 6 nitrogen and oxygen atoms in total. The molecule has 3 rings (SSSR count). The molecule has 27 heavy (non-hydrogen) atoms. The highest BCUT2D eigenvalue weighted by molar-refractivity contribution is 5.94. The summed E-state index contributed by atoms with van der Waals surface area (Å²) in [6, 6.07) is 12.7. The zero-order valence-electron chi connectivity index (χ0n) is 15.4. The fraction of sp³-hybridized carbons (Fsp3) is 0.286. The first-order valence-electron chi connectivity index (χ1n) is 8.87. The summed E-state index contributed by atoms with van der Waals surface area (Å²) in [5.74, 6) is -0.655. The predicted molar refractivity (Wildman–Crippen MR) is 103 cm³/mol. The number of amides is 1. The number of aryl methyl sites for hydroxylation is 2. The fourth-order valence-corrected chi connectivity index (χ4v) is 2.95. The van der Waals surface area contributed by atoms with E-state index in [-0.39, 0.29) is 5.91 Å².